The van der Waals surface area contributed by atoms with Crippen LogP contribution in [0.3, 0.4) is 0 Å². The summed E-state index contributed by atoms with van der Waals surface area (Å²) in [5.41, 5.74) is -0.0546. The van der Waals surface area contributed by atoms with Gasteiger partial charge in [0.1, 0.15) is 5.60 Å². The van der Waals surface area contributed by atoms with Crippen LogP contribution in [-0.2, 0) is 16.0 Å². The van der Waals surface area contributed by atoms with Crippen LogP contribution in [0, 0.1) is 0 Å². The number of carbonyl (C=O) groups is 2. The highest BCUT2D eigenvalue weighted by atomic mass is 35.5. The van der Waals surface area contributed by atoms with Gasteiger partial charge in [-0.15, -0.1) is 0 Å². The molecule has 1 fully saturated rings. The van der Waals surface area contributed by atoms with E-state index in [4.69, 9.17) is 16.3 Å². The lowest BCUT2D eigenvalue weighted by Gasteiger charge is -2.35. The molecule has 2 rings (SSSR count). The Kier molecular flexibility index (Phi) is 5.41. The highest BCUT2D eigenvalue weighted by Gasteiger charge is 2.27. The molecule has 0 saturated carbocycles. The van der Waals surface area contributed by atoms with E-state index in [-0.39, 0.29) is 23.6 Å². The normalized spacial score (nSPS) is 15.5. The van der Waals surface area contributed by atoms with Gasteiger partial charge in [-0.3, -0.25) is 9.78 Å². The van der Waals surface area contributed by atoms with Crippen LogP contribution in [0.15, 0.2) is 12.4 Å². The Balaban J connectivity index is 1.85. The van der Waals surface area contributed by atoms with Crippen molar-refractivity contribution in [3.63, 3.8) is 0 Å². The molecule has 1 aliphatic rings. The van der Waals surface area contributed by atoms with E-state index in [0.29, 0.717) is 31.9 Å². The topological polar surface area (TPSA) is 75.6 Å². The molecule has 0 spiro atoms. The molecule has 2 heterocycles. The first kappa shape index (κ1) is 17.5. The predicted octanol–water partition coefficient (Wildman–Crippen LogP) is 1.75. The molecule has 1 aromatic rings. The van der Waals surface area contributed by atoms with Gasteiger partial charge in [0.05, 0.1) is 12.1 Å². The third kappa shape index (κ3) is 5.06. The number of rotatable bonds is 2. The Bertz CT molecular complexity index is 580. The van der Waals surface area contributed by atoms with E-state index >= 15 is 0 Å². The van der Waals surface area contributed by atoms with Crippen molar-refractivity contribution in [3.05, 3.63) is 23.2 Å². The minimum Gasteiger partial charge on any atom is -0.444 e. The van der Waals surface area contributed by atoms with Gasteiger partial charge in [-0.2, -0.15) is 0 Å². The van der Waals surface area contributed by atoms with E-state index in [1.807, 2.05) is 20.8 Å². The van der Waals surface area contributed by atoms with Crippen molar-refractivity contribution in [2.75, 3.05) is 26.2 Å². The summed E-state index contributed by atoms with van der Waals surface area (Å²) in [6.45, 7) is 7.33. The average molecular weight is 341 g/mol. The Hall–Kier alpha value is -1.89. The third-order valence-corrected chi connectivity index (χ3v) is 3.64. The van der Waals surface area contributed by atoms with Crippen molar-refractivity contribution < 1.29 is 14.3 Å². The van der Waals surface area contributed by atoms with Crippen LogP contribution in [0.2, 0.25) is 5.15 Å². The Morgan fingerprint density at radius 3 is 2.26 bits per heavy atom. The molecule has 0 unspecified atom stereocenters. The highest BCUT2D eigenvalue weighted by Crippen LogP contribution is 2.14. The number of hydrogen-bond donors (Lipinski definition) is 0. The number of carbonyl (C=O) groups excluding carboxylic acids is 2. The maximum atomic E-state index is 12.3. The molecule has 0 atom stereocenters. The van der Waals surface area contributed by atoms with Gasteiger partial charge in [0.2, 0.25) is 5.91 Å². The molecule has 126 valence electrons. The third-order valence-electron chi connectivity index (χ3n) is 3.33. The lowest BCUT2D eigenvalue weighted by Crippen LogP contribution is -2.52. The van der Waals surface area contributed by atoms with E-state index in [1.54, 1.807) is 9.80 Å². The Labute approximate surface area is 140 Å². The monoisotopic (exact) mass is 340 g/mol. The lowest BCUT2D eigenvalue weighted by atomic mass is 10.2. The maximum absolute atomic E-state index is 12.3. The summed E-state index contributed by atoms with van der Waals surface area (Å²) >= 11 is 5.92. The second-order valence-corrected chi connectivity index (χ2v) is 6.68. The molecule has 23 heavy (non-hydrogen) atoms. The first-order valence-corrected chi connectivity index (χ1v) is 7.85. The Morgan fingerprint density at radius 2 is 1.70 bits per heavy atom. The van der Waals surface area contributed by atoms with Crippen molar-refractivity contribution in [3.8, 4) is 0 Å². The van der Waals surface area contributed by atoms with Crippen LogP contribution >= 0.6 is 11.6 Å². The molecule has 0 N–H and O–H groups in total. The molecule has 8 heteroatoms. The summed E-state index contributed by atoms with van der Waals surface area (Å²) in [6.07, 6.45) is 2.76. The second kappa shape index (κ2) is 7.12. The SMILES string of the molecule is CC(C)(C)OC(=O)N1CCN(C(=O)Cc2nccnc2Cl)CC1. The van der Waals surface area contributed by atoms with Crippen molar-refractivity contribution >= 4 is 23.6 Å². The molecular formula is C15H21ClN4O3. The molecule has 7 nitrogen and oxygen atoms in total. The molecule has 0 radical (unpaired) electrons. The van der Waals surface area contributed by atoms with Crippen molar-refractivity contribution in [2.24, 2.45) is 0 Å². The van der Waals surface area contributed by atoms with Gasteiger partial charge >= 0.3 is 6.09 Å². The summed E-state index contributed by atoms with van der Waals surface area (Å²) in [5.74, 6) is -0.0729. The molecular weight excluding hydrogens is 320 g/mol. The molecule has 0 aromatic carbocycles. The minimum atomic E-state index is -0.521. The number of aromatic nitrogens is 2. The van der Waals surface area contributed by atoms with Crippen molar-refractivity contribution in [1.82, 2.24) is 19.8 Å². The summed E-state index contributed by atoms with van der Waals surface area (Å²) in [4.78, 5) is 35.6. The summed E-state index contributed by atoms with van der Waals surface area (Å²) in [6, 6.07) is 0. The van der Waals surface area contributed by atoms with Gasteiger partial charge < -0.3 is 14.5 Å². The highest BCUT2D eigenvalue weighted by molar-refractivity contribution is 6.30. The maximum Gasteiger partial charge on any atom is 0.410 e. The van der Waals surface area contributed by atoms with Gasteiger partial charge in [-0.05, 0) is 20.8 Å². The second-order valence-electron chi connectivity index (χ2n) is 6.32. The lowest BCUT2D eigenvalue weighted by molar-refractivity contribution is -0.132. The van der Waals surface area contributed by atoms with Crippen molar-refractivity contribution in [1.29, 1.82) is 0 Å². The number of halogens is 1. The summed E-state index contributed by atoms with van der Waals surface area (Å²) < 4.78 is 5.33. The summed E-state index contributed by atoms with van der Waals surface area (Å²) in [7, 11) is 0. The molecule has 1 aromatic heterocycles. The number of nitrogens with zero attached hydrogens (tertiary/aromatic N) is 4. The quantitative estimate of drug-likeness (QED) is 0.819. The van der Waals surface area contributed by atoms with Crippen LogP contribution < -0.4 is 0 Å². The number of hydrogen-bond acceptors (Lipinski definition) is 5. The molecule has 2 amide bonds. The van der Waals surface area contributed by atoms with Crippen LogP contribution in [0.25, 0.3) is 0 Å². The van der Waals surface area contributed by atoms with E-state index in [1.165, 1.54) is 12.4 Å². The average Bonchev–Trinajstić information content (AvgIpc) is 2.48. The van der Waals surface area contributed by atoms with Crippen molar-refractivity contribution in [2.45, 2.75) is 32.8 Å². The molecule has 0 bridgehead atoms. The Morgan fingerprint density at radius 1 is 1.13 bits per heavy atom. The first-order chi connectivity index (χ1) is 10.8. The smallest absolute Gasteiger partial charge is 0.410 e. The van der Waals surface area contributed by atoms with Gasteiger partial charge in [0.25, 0.3) is 0 Å². The van der Waals surface area contributed by atoms with Crippen LogP contribution in [0.4, 0.5) is 4.79 Å². The van der Waals surface area contributed by atoms with E-state index < -0.39 is 5.60 Å². The number of ether oxygens (including phenoxy) is 1. The molecule has 1 aliphatic heterocycles. The van der Waals surface area contributed by atoms with E-state index in [2.05, 4.69) is 9.97 Å². The molecule has 1 saturated heterocycles. The number of amides is 2. The van der Waals surface area contributed by atoms with Gasteiger partial charge in [-0.25, -0.2) is 9.78 Å². The fourth-order valence-electron chi connectivity index (χ4n) is 2.19. The van der Waals surface area contributed by atoms with Gasteiger partial charge in [0.15, 0.2) is 5.15 Å². The fourth-order valence-corrected chi connectivity index (χ4v) is 2.36. The largest absolute Gasteiger partial charge is 0.444 e. The molecule has 0 aliphatic carbocycles. The van der Waals surface area contributed by atoms with Crippen LogP contribution in [0.1, 0.15) is 26.5 Å². The zero-order chi connectivity index (χ0) is 17.0. The predicted molar refractivity (Wildman–Crippen MR) is 85.1 cm³/mol. The van der Waals surface area contributed by atoms with E-state index in [0.717, 1.165) is 0 Å². The minimum absolute atomic E-state index is 0.0729. The standard InChI is InChI=1S/C15H21ClN4O3/c1-15(2,3)23-14(22)20-8-6-19(7-9-20)12(21)10-11-13(16)18-5-4-17-11/h4-5H,6-10H2,1-3H3. The zero-order valence-corrected chi connectivity index (χ0v) is 14.3. The zero-order valence-electron chi connectivity index (χ0n) is 13.6. The van der Waals surface area contributed by atoms with E-state index in [9.17, 15) is 9.59 Å². The fraction of sp³-hybridized carbons (Fsp3) is 0.600. The number of piperazine rings is 1. The van der Waals surface area contributed by atoms with Gasteiger partial charge in [0, 0.05) is 38.6 Å². The van der Waals surface area contributed by atoms with Crippen LogP contribution in [-0.4, -0.2) is 63.5 Å². The first-order valence-electron chi connectivity index (χ1n) is 7.47. The van der Waals surface area contributed by atoms with Gasteiger partial charge in [-0.1, -0.05) is 11.6 Å². The summed E-state index contributed by atoms with van der Waals surface area (Å²) in [5, 5.41) is 0.244. The van der Waals surface area contributed by atoms with Crippen LogP contribution in [0.5, 0.6) is 0 Å².